The molecular formula is C9H9N3O2S. The van der Waals surface area contributed by atoms with Crippen molar-refractivity contribution in [3.63, 3.8) is 0 Å². The summed E-state index contributed by atoms with van der Waals surface area (Å²) in [4.78, 5) is 25.0. The quantitative estimate of drug-likeness (QED) is 0.754. The molecule has 0 fully saturated rings. The Morgan fingerprint density at radius 1 is 1.47 bits per heavy atom. The van der Waals surface area contributed by atoms with E-state index in [0.717, 1.165) is 5.00 Å². The van der Waals surface area contributed by atoms with Crippen LogP contribution in [0, 0.1) is 0 Å². The van der Waals surface area contributed by atoms with Crippen LogP contribution in [0.3, 0.4) is 0 Å². The van der Waals surface area contributed by atoms with Gasteiger partial charge in [0, 0.05) is 18.3 Å². The molecule has 15 heavy (non-hydrogen) atoms. The van der Waals surface area contributed by atoms with Crippen LogP contribution in [0.5, 0.6) is 0 Å². The molecule has 0 saturated heterocycles. The summed E-state index contributed by atoms with van der Waals surface area (Å²) in [6.07, 6.45) is 1.48. The first-order valence-electron chi connectivity index (χ1n) is 4.31. The van der Waals surface area contributed by atoms with Gasteiger partial charge < -0.3 is 5.73 Å². The second-order valence-corrected chi connectivity index (χ2v) is 3.87. The second-order valence-electron chi connectivity index (χ2n) is 2.94. The van der Waals surface area contributed by atoms with Crippen molar-refractivity contribution >= 4 is 11.3 Å². The first-order chi connectivity index (χ1) is 7.22. The number of hydrogen-bond donors (Lipinski definition) is 2. The number of aromatic amines is 1. The molecule has 2 heterocycles. The molecule has 0 atom stereocenters. The van der Waals surface area contributed by atoms with Gasteiger partial charge in [-0.1, -0.05) is 0 Å². The van der Waals surface area contributed by atoms with E-state index in [1.54, 1.807) is 6.07 Å². The molecule has 6 heteroatoms. The Morgan fingerprint density at radius 3 is 2.87 bits per heavy atom. The van der Waals surface area contributed by atoms with Gasteiger partial charge in [-0.15, -0.1) is 11.3 Å². The lowest BCUT2D eigenvalue weighted by atomic mass is 10.3. The fraction of sp³-hybridized carbons (Fsp3) is 0.111. The molecule has 0 aliphatic carbocycles. The summed E-state index contributed by atoms with van der Waals surface area (Å²) in [6, 6.07) is 3.63. The predicted molar refractivity (Wildman–Crippen MR) is 58.4 cm³/mol. The summed E-state index contributed by atoms with van der Waals surface area (Å²) >= 11 is 1.42. The molecule has 2 rings (SSSR count). The lowest BCUT2D eigenvalue weighted by Gasteiger charge is -2.02. The van der Waals surface area contributed by atoms with Crippen LogP contribution in [-0.4, -0.2) is 9.55 Å². The number of nitrogens with one attached hydrogen (secondary N) is 1. The zero-order valence-corrected chi connectivity index (χ0v) is 8.58. The van der Waals surface area contributed by atoms with Crippen LogP contribution in [0.15, 0.2) is 33.3 Å². The Morgan fingerprint density at radius 2 is 2.27 bits per heavy atom. The molecule has 3 N–H and O–H groups in total. The van der Waals surface area contributed by atoms with E-state index < -0.39 is 11.2 Å². The fourth-order valence-electron chi connectivity index (χ4n) is 1.23. The fourth-order valence-corrected chi connectivity index (χ4v) is 1.93. The Labute approximate surface area is 88.8 Å². The smallest absolute Gasteiger partial charge is 0.326 e. The van der Waals surface area contributed by atoms with Gasteiger partial charge in [0.2, 0.25) is 0 Å². The first-order valence-corrected chi connectivity index (χ1v) is 5.19. The maximum absolute atomic E-state index is 11.5. The summed E-state index contributed by atoms with van der Waals surface area (Å²) in [6.45, 7) is 0.112. The van der Waals surface area contributed by atoms with Gasteiger partial charge in [0.25, 0.3) is 5.56 Å². The minimum atomic E-state index is -0.445. The van der Waals surface area contributed by atoms with Crippen molar-refractivity contribution in [1.82, 2.24) is 9.55 Å². The molecule has 2 aromatic heterocycles. The number of rotatable bonds is 2. The molecule has 78 valence electrons. The van der Waals surface area contributed by atoms with E-state index in [9.17, 15) is 9.59 Å². The third-order valence-corrected chi connectivity index (χ3v) is 2.85. The number of hydrogen-bond acceptors (Lipinski definition) is 4. The maximum atomic E-state index is 11.5. The van der Waals surface area contributed by atoms with Gasteiger partial charge in [-0.3, -0.25) is 14.3 Å². The van der Waals surface area contributed by atoms with Crippen molar-refractivity contribution in [2.24, 2.45) is 5.73 Å². The molecule has 0 unspecified atom stereocenters. The number of H-pyrrole nitrogens is 1. The highest BCUT2D eigenvalue weighted by Gasteiger charge is 2.05. The molecular weight excluding hydrogens is 214 g/mol. The summed E-state index contributed by atoms with van der Waals surface area (Å²) < 4.78 is 1.38. The highest BCUT2D eigenvalue weighted by atomic mass is 32.1. The number of nitrogens with zero attached hydrogens (tertiary/aromatic N) is 1. The third-order valence-electron chi connectivity index (χ3n) is 1.98. The largest absolute Gasteiger partial charge is 0.333 e. The Hall–Kier alpha value is -1.66. The van der Waals surface area contributed by atoms with Crippen LogP contribution in [0.1, 0.15) is 5.56 Å². The van der Waals surface area contributed by atoms with Crippen LogP contribution in [0.4, 0.5) is 0 Å². The SMILES string of the molecule is NCc1cn(-c2cccs2)c(=O)[nH]c1=O. The Balaban J connectivity index is 2.68. The number of nitrogens with two attached hydrogens (primary N) is 1. The minimum absolute atomic E-state index is 0.112. The topological polar surface area (TPSA) is 80.9 Å². The summed E-state index contributed by atoms with van der Waals surface area (Å²) in [7, 11) is 0. The van der Waals surface area contributed by atoms with E-state index in [2.05, 4.69) is 4.98 Å². The zero-order chi connectivity index (χ0) is 10.8. The molecule has 0 aliphatic heterocycles. The maximum Gasteiger partial charge on any atom is 0.333 e. The van der Waals surface area contributed by atoms with E-state index >= 15 is 0 Å². The van der Waals surface area contributed by atoms with Gasteiger partial charge in [-0.05, 0) is 17.5 Å². The summed E-state index contributed by atoms with van der Waals surface area (Å²) in [5, 5.41) is 2.61. The third kappa shape index (κ3) is 1.77. The number of aromatic nitrogens is 2. The van der Waals surface area contributed by atoms with Gasteiger partial charge in [0.15, 0.2) is 0 Å². The Kier molecular flexibility index (Phi) is 2.53. The minimum Gasteiger partial charge on any atom is -0.326 e. The molecule has 0 bridgehead atoms. The van der Waals surface area contributed by atoms with Crippen LogP contribution < -0.4 is 17.0 Å². The molecule has 0 saturated carbocycles. The second kappa shape index (κ2) is 3.84. The molecule has 0 aliphatic rings. The Bertz CT molecular complexity index is 568. The van der Waals surface area contributed by atoms with Crippen molar-refractivity contribution in [1.29, 1.82) is 0 Å². The molecule has 0 amide bonds. The highest BCUT2D eigenvalue weighted by molar-refractivity contribution is 7.12. The van der Waals surface area contributed by atoms with Crippen molar-refractivity contribution in [2.75, 3.05) is 0 Å². The molecule has 0 spiro atoms. The van der Waals surface area contributed by atoms with Gasteiger partial charge in [0.05, 0.1) is 0 Å². The molecule has 5 nitrogen and oxygen atoms in total. The van der Waals surface area contributed by atoms with Gasteiger partial charge in [0.1, 0.15) is 5.00 Å². The standard InChI is InChI=1S/C9H9N3O2S/c10-4-6-5-12(7-2-1-3-15-7)9(14)11-8(6)13/h1-3,5H,4,10H2,(H,11,13,14). The molecule has 0 aromatic carbocycles. The monoisotopic (exact) mass is 223 g/mol. The van der Waals surface area contributed by atoms with Crippen LogP contribution in [0.2, 0.25) is 0 Å². The van der Waals surface area contributed by atoms with Gasteiger partial charge in [-0.25, -0.2) is 4.79 Å². The lowest BCUT2D eigenvalue weighted by Crippen LogP contribution is -2.31. The van der Waals surface area contributed by atoms with E-state index in [1.165, 1.54) is 22.1 Å². The van der Waals surface area contributed by atoms with Gasteiger partial charge >= 0.3 is 5.69 Å². The zero-order valence-electron chi connectivity index (χ0n) is 7.77. The van der Waals surface area contributed by atoms with Crippen molar-refractivity contribution in [3.8, 4) is 5.00 Å². The summed E-state index contributed by atoms with van der Waals surface area (Å²) in [5.41, 5.74) is 4.92. The van der Waals surface area contributed by atoms with Crippen LogP contribution in [0.25, 0.3) is 5.00 Å². The van der Waals surface area contributed by atoms with E-state index in [0.29, 0.717) is 5.56 Å². The molecule has 0 radical (unpaired) electrons. The molecule has 2 aromatic rings. The van der Waals surface area contributed by atoms with E-state index in [-0.39, 0.29) is 6.54 Å². The van der Waals surface area contributed by atoms with Crippen molar-refractivity contribution in [3.05, 3.63) is 50.1 Å². The normalized spacial score (nSPS) is 10.5. The summed E-state index contributed by atoms with van der Waals surface area (Å²) in [5.74, 6) is 0. The van der Waals surface area contributed by atoms with Gasteiger partial charge in [-0.2, -0.15) is 0 Å². The first kappa shape index (κ1) is 9.88. The van der Waals surface area contributed by atoms with E-state index in [1.807, 2.05) is 11.4 Å². The van der Waals surface area contributed by atoms with Crippen LogP contribution >= 0.6 is 11.3 Å². The predicted octanol–water partition coefficient (Wildman–Crippen LogP) is 0.0460. The van der Waals surface area contributed by atoms with Crippen molar-refractivity contribution < 1.29 is 0 Å². The number of thiophene rings is 1. The lowest BCUT2D eigenvalue weighted by molar-refractivity contribution is 0.862. The van der Waals surface area contributed by atoms with Crippen LogP contribution in [-0.2, 0) is 6.54 Å². The van der Waals surface area contributed by atoms with E-state index in [4.69, 9.17) is 5.73 Å². The van der Waals surface area contributed by atoms with Crippen molar-refractivity contribution in [2.45, 2.75) is 6.54 Å². The highest BCUT2D eigenvalue weighted by Crippen LogP contribution is 2.11. The average molecular weight is 223 g/mol. The average Bonchev–Trinajstić information content (AvgIpc) is 2.71.